The molecule has 0 fully saturated rings. The van der Waals surface area contributed by atoms with Crippen molar-refractivity contribution < 1.29 is 19.4 Å². The molecule has 11 heteroatoms. The number of azide groups is 1. The summed E-state index contributed by atoms with van der Waals surface area (Å²) in [4.78, 5) is 25.4. The van der Waals surface area contributed by atoms with Crippen LogP contribution >= 0.6 is 0 Å². The van der Waals surface area contributed by atoms with Crippen LogP contribution in [0.15, 0.2) is 29.4 Å². The fourth-order valence-corrected chi connectivity index (χ4v) is 3.32. The summed E-state index contributed by atoms with van der Waals surface area (Å²) in [5.74, 6) is -1.06. The number of carbonyl (C=O) groups excluding carboxylic acids is 1. The number of carboxylic acids is 1. The Labute approximate surface area is 158 Å². The first-order chi connectivity index (χ1) is 12.3. The van der Waals surface area contributed by atoms with Crippen molar-refractivity contribution >= 4 is 38.4 Å². The van der Waals surface area contributed by atoms with E-state index in [0.29, 0.717) is 17.7 Å². The van der Waals surface area contributed by atoms with Gasteiger partial charge in [0.1, 0.15) is 12.6 Å². The lowest BCUT2D eigenvalue weighted by atomic mass is 10.1. The zero-order valence-electron chi connectivity index (χ0n) is 14.2. The fourth-order valence-electron chi connectivity index (χ4n) is 2.04. The number of carbonyl (C=O) groups is 2. The smallest absolute Gasteiger partial charge is 0.407 e. The van der Waals surface area contributed by atoms with E-state index in [-0.39, 0.29) is 24.8 Å². The average Bonchev–Trinajstić information content (AvgIpc) is 2.60. The predicted molar refractivity (Wildman–Crippen MR) is 103 cm³/mol. The van der Waals surface area contributed by atoms with E-state index in [1.807, 2.05) is 6.26 Å². The van der Waals surface area contributed by atoms with Crippen molar-refractivity contribution in [3.63, 3.8) is 0 Å². The molecule has 1 amide bonds. The third-order valence-electron chi connectivity index (χ3n) is 3.56. The van der Waals surface area contributed by atoms with Crippen molar-refractivity contribution in [1.82, 2.24) is 5.32 Å². The number of nitrogens with one attached hydrogen (secondary N) is 1. The van der Waals surface area contributed by atoms with E-state index in [2.05, 4.69) is 15.3 Å². The fraction of sp³-hybridized carbons (Fsp3) is 0.467. The normalized spacial score (nSPS) is 13.8. The number of nitrogens with zero attached hydrogens (tertiary/aromatic N) is 3. The molecule has 0 saturated heterocycles. The summed E-state index contributed by atoms with van der Waals surface area (Å²) in [6.45, 7) is 0.230. The van der Waals surface area contributed by atoms with Gasteiger partial charge in [-0.3, -0.25) is 4.79 Å². The lowest BCUT2D eigenvalue weighted by Gasteiger charge is -2.18. The molecular formula is C15H21N5O4S2. The molecule has 0 aliphatic rings. The van der Waals surface area contributed by atoms with Gasteiger partial charge in [-0.15, -0.1) is 9.45 Å². The highest BCUT2D eigenvalue weighted by molar-refractivity contribution is 8.28. The molecule has 3 atom stereocenters. The predicted octanol–water partition coefficient (Wildman–Crippen LogP) is 2.13. The van der Waals surface area contributed by atoms with Crippen LogP contribution in [0.5, 0.6) is 0 Å². The Balaban J connectivity index is 2.50. The topological polar surface area (TPSA) is 150 Å². The average molecular weight is 399 g/mol. The first-order valence-corrected chi connectivity index (χ1v) is 10.3. The van der Waals surface area contributed by atoms with Gasteiger partial charge >= 0.3 is 12.1 Å². The number of ether oxygens (including phenoxy) is 1. The molecular weight excluding hydrogens is 378 g/mol. The van der Waals surface area contributed by atoms with Crippen molar-refractivity contribution in [2.75, 3.05) is 12.8 Å². The van der Waals surface area contributed by atoms with Crippen LogP contribution in [0.1, 0.15) is 18.4 Å². The van der Waals surface area contributed by atoms with Crippen LogP contribution < -0.4 is 11.1 Å². The Morgan fingerprint density at radius 3 is 2.77 bits per heavy atom. The van der Waals surface area contributed by atoms with Crippen molar-refractivity contribution in [3.05, 3.63) is 40.3 Å². The minimum atomic E-state index is -1.06. The van der Waals surface area contributed by atoms with Gasteiger partial charge in [0, 0.05) is 22.4 Å². The van der Waals surface area contributed by atoms with Gasteiger partial charge in [0.15, 0.2) is 0 Å². The highest BCUT2D eigenvalue weighted by atomic mass is 32.8. The van der Waals surface area contributed by atoms with E-state index in [9.17, 15) is 9.59 Å². The van der Waals surface area contributed by atoms with Crippen LogP contribution in [0.4, 0.5) is 10.5 Å². The first kappa shape index (κ1) is 21.8. The second-order valence-electron chi connectivity index (χ2n) is 5.42. The van der Waals surface area contributed by atoms with Crippen LogP contribution in [0.2, 0.25) is 0 Å². The van der Waals surface area contributed by atoms with Gasteiger partial charge in [0.25, 0.3) is 0 Å². The molecule has 0 aliphatic heterocycles. The number of rotatable bonds is 10. The Morgan fingerprint density at radius 2 is 2.15 bits per heavy atom. The number of nitrogens with two attached hydrogens (primary N) is 1. The molecule has 1 aromatic rings. The zero-order chi connectivity index (χ0) is 19.5. The summed E-state index contributed by atoms with van der Waals surface area (Å²) < 4.78 is 5.13. The third-order valence-corrected chi connectivity index (χ3v) is 5.72. The summed E-state index contributed by atoms with van der Waals surface area (Å²) in [6, 6.07) is 5.83. The number of amides is 1. The summed E-state index contributed by atoms with van der Waals surface area (Å²) in [5.41, 5.74) is 15.0. The Morgan fingerprint density at radius 1 is 1.46 bits per heavy atom. The zero-order valence-corrected chi connectivity index (χ0v) is 15.8. The van der Waals surface area contributed by atoms with Gasteiger partial charge in [-0.2, -0.15) is 0 Å². The maximum Gasteiger partial charge on any atom is 0.407 e. The highest BCUT2D eigenvalue weighted by Crippen LogP contribution is 2.19. The molecule has 26 heavy (non-hydrogen) atoms. The number of alkyl carbamates (subject to hydrolysis) is 1. The Hall–Kier alpha value is -2.20. The second-order valence-corrected chi connectivity index (χ2v) is 8.66. The standard InChI is InChI=1S/C15H21N5O4S2/c1-26(25)11(6-7-12(16)14(21)22)8-18-15(23)24-9-10-4-2-3-5-13(10)19-20-17/h2-5,11-12H,6-9,16H2,1H3,(H,18,23)(H,21,22)/t11-,12-,26?/m0/s1. The van der Waals surface area contributed by atoms with Crippen LogP contribution in [-0.2, 0) is 36.8 Å². The molecule has 142 valence electrons. The summed E-state index contributed by atoms with van der Waals surface area (Å²) in [7, 11) is -0.436. The van der Waals surface area contributed by atoms with E-state index < -0.39 is 27.6 Å². The molecule has 0 aromatic heterocycles. The number of hydrogen-bond acceptors (Lipinski definition) is 6. The third kappa shape index (κ3) is 7.79. The molecule has 0 spiro atoms. The summed E-state index contributed by atoms with van der Waals surface area (Å²) in [5, 5.41) is 14.9. The van der Waals surface area contributed by atoms with Gasteiger partial charge < -0.3 is 20.9 Å². The van der Waals surface area contributed by atoms with Crippen molar-refractivity contribution in [2.24, 2.45) is 10.8 Å². The van der Waals surface area contributed by atoms with E-state index in [0.717, 1.165) is 0 Å². The lowest BCUT2D eigenvalue weighted by molar-refractivity contribution is -0.138. The molecule has 0 aliphatic carbocycles. The monoisotopic (exact) mass is 399 g/mol. The minimum Gasteiger partial charge on any atom is -0.480 e. The van der Waals surface area contributed by atoms with Crippen LogP contribution in [0, 0.1) is 0 Å². The van der Waals surface area contributed by atoms with Gasteiger partial charge in [-0.25, -0.2) is 4.79 Å². The quantitative estimate of drug-likeness (QED) is 0.311. The molecule has 1 unspecified atom stereocenters. The van der Waals surface area contributed by atoms with Crippen LogP contribution in [-0.4, -0.2) is 41.3 Å². The molecule has 1 rings (SSSR count). The van der Waals surface area contributed by atoms with Crippen LogP contribution in [0.25, 0.3) is 10.4 Å². The molecule has 0 radical (unpaired) electrons. The van der Waals surface area contributed by atoms with Gasteiger partial charge in [-0.1, -0.05) is 40.6 Å². The van der Waals surface area contributed by atoms with Crippen molar-refractivity contribution in [2.45, 2.75) is 30.7 Å². The first-order valence-electron chi connectivity index (χ1n) is 7.69. The number of aliphatic carboxylic acids is 1. The number of carboxylic acid groups (broad SMARTS) is 1. The maximum absolute atomic E-state index is 11.9. The Bertz CT molecular complexity index is 709. The summed E-state index contributed by atoms with van der Waals surface area (Å²) in [6.07, 6.45) is 1.99. The molecule has 0 saturated carbocycles. The summed E-state index contributed by atoms with van der Waals surface area (Å²) >= 11 is 5.26. The SMILES string of the molecule is CS(=S)[C@@H](CC[C@H](N)C(=O)O)CNC(=O)OCc1ccccc1N=[N+]=[N-]. The minimum absolute atomic E-state index is 0.0404. The second kappa shape index (κ2) is 11.4. The lowest BCUT2D eigenvalue weighted by Crippen LogP contribution is -2.37. The molecule has 0 bridgehead atoms. The van der Waals surface area contributed by atoms with E-state index >= 15 is 0 Å². The maximum atomic E-state index is 11.9. The molecule has 4 N–H and O–H groups in total. The molecule has 1 aromatic carbocycles. The van der Waals surface area contributed by atoms with Crippen LogP contribution in [0.3, 0.4) is 0 Å². The van der Waals surface area contributed by atoms with Gasteiger partial charge in [0.05, 0.1) is 0 Å². The number of benzene rings is 1. The largest absolute Gasteiger partial charge is 0.480 e. The molecule has 9 nitrogen and oxygen atoms in total. The van der Waals surface area contributed by atoms with E-state index in [1.165, 1.54) is 0 Å². The van der Waals surface area contributed by atoms with Crippen molar-refractivity contribution in [1.29, 1.82) is 0 Å². The number of hydrogen-bond donors (Lipinski definition) is 3. The van der Waals surface area contributed by atoms with Gasteiger partial charge in [0.2, 0.25) is 0 Å². The Kier molecular flexibility index (Phi) is 9.60. The van der Waals surface area contributed by atoms with E-state index in [4.69, 9.17) is 32.3 Å². The molecule has 0 heterocycles. The van der Waals surface area contributed by atoms with Crippen molar-refractivity contribution in [3.8, 4) is 0 Å². The highest BCUT2D eigenvalue weighted by Gasteiger charge is 2.17. The van der Waals surface area contributed by atoms with E-state index in [1.54, 1.807) is 24.3 Å². The van der Waals surface area contributed by atoms with Gasteiger partial charge in [-0.05, 0) is 30.2 Å².